The number of aromatic nitrogens is 2. The molecule has 0 aliphatic rings. The zero-order valence-electron chi connectivity index (χ0n) is 16.8. The Hall–Kier alpha value is -4.00. The van der Waals surface area contributed by atoms with Gasteiger partial charge < -0.3 is 18.6 Å². The van der Waals surface area contributed by atoms with Crippen LogP contribution in [-0.2, 0) is 0 Å². The van der Waals surface area contributed by atoms with Crippen LogP contribution in [0.4, 0.5) is 0 Å². The molecule has 0 aliphatic heterocycles. The van der Waals surface area contributed by atoms with Gasteiger partial charge in [0, 0.05) is 29.1 Å². The molecule has 4 aromatic rings. The molecular weight excluding hydrogens is 384 g/mol. The first kappa shape index (κ1) is 19.3. The van der Waals surface area contributed by atoms with E-state index < -0.39 is 0 Å². The predicted octanol–water partition coefficient (Wildman–Crippen LogP) is 4.39. The van der Waals surface area contributed by atoms with Crippen molar-refractivity contribution >= 4 is 5.78 Å². The number of carbonyl (C=O) groups is 1. The van der Waals surface area contributed by atoms with Gasteiger partial charge in [0.25, 0.3) is 0 Å². The summed E-state index contributed by atoms with van der Waals surface area (Å²) in [6, 6.07) is 14.2. The van der Waals surface area contributed by atoms with Gasteiger partial charge >= 0.3 is 0 Å². The van der Waals surface area contributed by atoms with Crippen molar-refractivity contribution in [1.82, 2.24) is 9.78 Å². The van der Waals surface area contributed by atoms with Crippen molar-refractivity contribution in [2.75, 3.05) is 21.3 Å². The van der Waals surface area contributed by atoms with Gasteiger partial charge in [-0.2, -0.15) is 5.10 Å². The van der Waals surface area contributed by atoms with E-state index in [1.54, 1.807) is 53.7 Å². The lowest BCUT2D eigenvalue weighted by molar-refractivity contribution is 0.103. The summed E-state index contributed by atoms with van der Waals surface area (Å²) in [4.78, 5) is 13.6. The van der Waals surface area contributed by atoms with Crippen molar-refractivity contribution in [3.05, 3.63) is 78.3 Å². The fourth-order valence-corrected chi connectivity index (χ4v) is 3.29. The topological polar surface area (TPSA) is 75.7 Å². The third-order valence-electron chi connectivity index (χ3n) is 4.73. The van der Waals surface area contributed by atoms with Crippen molar-refractivity contribution < 1.29 is 23.4 Å². The van der Waals surface area contributed by atoms with Gasteiger partial charge in [0.15, 0.2) is 17.3 Å². The summed E-state index contributed by atoms with van der Waals surface area (Å²) in [5.41, 5.74) is 2.29. The van der Waals surface area contributed by atoms with Crippen LogP contribution in [-0.4, -0.2) is 36.9 Å². The van der Waals surface area contributed by atoms with Crippen LogP contribution < -0.4 is 14.2 Å². The number of methoxy groups -OCH3 is 3. The van der Waals surface area contributed by atoms with Crippen molar-refractivity contribution in [3.63, 3.8) is 0 Å². The first-order valence-corrected chi connectivity index (χ1v) is 9.19. The molecular formula is C23H20N2O5. The van der Waals surface area contributed by atoms with Gasteiger partial charge in [-0.1, -0.05) is 0 Å². The summed E-state index contributed by atoms with van der Waals surface area (Å²) >= 11 is 0. The largest absolute Gasteiger partial charge is 0.493 e. The van der Waals surface area contributed by atoms with Gasteiger partial charge in [-0.3, -0.25) is 4.79 Å². The Balaban J connectivity index is 1.88. The highest BCUT2D eigenvalue weighted by molar-refractivity contribution is 6.12. The second-order valence-corrected chi connectivity index (χ2v) is 6.40. The van der Waals surface area contributed by atoms with Crippen LogP contribution >= 0.6 is 0 Å². The summed E-state index contributed by atoms with van der Waals surface area (Å²) in [7, 11) is 4.54. The van der Waals surface area contributed by atoms with E-state index in [0.717, 1.165) is 5.56 Å². The zero-order valence-corrected chi connectivity index (χ0v) is 16.8. The Labute approximate surface area is 173 Å². The van der Waals surface area contributed by atoms with E-state index in [0.29, 0.717) is 39.8 Å². The molecule has 0 bridgehead atoms. The lowest BCUT2D eigenvalue weighted by atomic mass is 9.98. The van der Waals surface area contributed by atoms with Gasteiger partial charge in [0.2, 0.25) is 5.75 Å². The molecule has 152 valence electrons. The van der Waals surface area contributed by atoms with E-state index in [2.05, 4.69) is 5.10 Å². The second kappa shape index (κ2) is 8.16. The molecule has 0 saturated carbocycles. The van der Waals surface area contributed by atoms with Crippen molar-refractivity contribution in [2.24, 2.45) is 0 Å². The van der Waals surface area contributed by atoms with Crippen LogP contribution in [0.1, 0.15) is 15.9 Å². The number of hydrogen-bond acceptors (Lipinski definition) is 6. The summed E-state index contributed by atoms with van der Waals surface area (Å²) in [6.45, 7) is 0. The summed E-state index contributed by atoms with van der Waals surface area (Å²) in [5, 5.41) is 4.28. The van der Waals surface area contributed by atoms with Gasteiger partial charge in [-0.05, 0) is 48.5 Å². The van der Waals surface area contributed by atoms with E-state index >= 15 is 0 Å². The van der Waals surface area contributed by atoms with Gasteiger partial charge in [-0.25, -0.2) is 4.68 Å². The molecule has 30 heavy (non-hydrogen) atoms. The molecule has 7 nitrogen and oxygen atoms in total. The molecule has 0 unspecified atom stereocenters. The molecule has 0 amide bonds. The van der Waals surface area contributed by atoms with Gasteiger partial charge in [0.1, 0.15) is 5.76 Å². The highest BCUT2D eigenvalue weighted by Crippen LogP contribution is 2.39. The standard InChI is InChI=1S/C23H20N2O5/c1-27-20-13-16(14-21(28-2)23(20)29-3)22(26)17-12-15(19-6-4-11-30-19)7-8-18(17)25-10-5-9-24-25/h4-14H,1-3H3. The Bertz CT molecular complexity index is 1140. The minimum absolute atomic E-state index is 0.215. The molecule has 2 heterocycles. The number of hydrogen-bond donors (Lipinski definition) is 0. The number of ketones is 1. The summed E-state index contributed by atoms with van der Waals surface area (Å²) < 4.78 is 23.3. The Morgan fingerprint density at radius 3 is 2.30 bits per heavy atom. The average molecular weight is 404 g/mol. The van der Waals surface area contributed by atoms with Gasteiger partial charge in [0.05, 0.1) is 33.3 Å². The highest BCUT2D eigenvalue weighted by atomic mass is 16.5. The molecule has 0 N–H and O–H groups in total. The predicted molar refractivity (Wildman–Crippen MR) is 111 cm³/mol. The van der Waals surface area contributed by atoms with E-state index in [4.69, 9.17) is 18.6 Å². The van der Waals surface area contributed by atoms with Crippen LogP contribution in [0.15, 0.2) is 71.6 Å². The normalized spacial score (nSPS) is 10.6. The molecule has 2 aromatic heterocycles. The first-order valence-electron chi connectivity index (χ1n) is 9.19. The van der Waals surface area contributed by atoms with Crippen LogP contribution in [0.2, 0.25) is 0 Å². The third kappa shape index (κ3) is 3.41. The average Bonchev–Trinajstić information content (AvgIpc) is 3.51. The number of carbonyl (C=O) groups excluding carboxylic acids is 1. The van der Waals surface area contributed by atoms with Crippen molar-refractivity contribution in [2.45, 2.75) is 0 Å². The maximum absolute atomic E-state index is 13.6. The zero-order chi connectivity index (χ0) is 21.1. The highest BCUT2D eigenvalue weighted by Gasteiger charge is 2.21. The Morgan fingerprint density at radius 1 is 0.967 bits per heavy atom. The molecule has 7 heteroatoms. The number of benzene rings is 2. The monoisotopic (exact) mass is 404 g/mol. The Morgan fingerprint density at radius 2 is 1.73 bits per heavy atom. The molecule has 2 aromatic carbocycles. The summed E-state index contributed by atoms with van der Waals surface area (Å²) in [5.74, 6) is 1.69. The lowest BCUT2D eigenvalue weighted by Gasteiger charge is -2.15. The smallest absolute Gasteiger partial charge is 0.203 e. The van der Waals surface area contributed by atoms with E-state index in [-0.39, 0.29) is 5.78 Å². The van der Waals surface area contributed by atoms with Crippen LogP contribution in [0, 0.1) is 0 Å². The molecule has 0 radical (unpaired) electrons. The van der Waals surface area contributed by atoms with Crippen LogP contribution in [0.5, 0.6) is 17.2 Å². The third-order valence-corrected chi connectivity index (χ3v) is 4.73. The fourth-order valence-electron chi connectivity index (χ4n) is 3.29. The molecule has 0 spiro atoms. The van der Waals surface area contributed by atoms with E-state index in [1.807, 2.05) is 18.2 Å². The molecule has 0 atom stereocenters. The minimum Gasteiger partial charge on any atom is -0.493 e. The number of nitrogens with zero attached hydrogens (tertiary/aromatic N) is 2. The maximum Gasteiger partial charge on any atom is 0.203 e. The van der Waals surface area contributed by atoms with Crippen molar-refractivity contribution in [1.29, 1.82) is 0 Å². The number of ether oxygens (including phenoxy) is 3. The van der Waals surface area contributed by atoms with Gasteiger partial charge in [-0.15, -0.1) is 0 Å². The maximum atomic E-state index is 13.6. The number of rotatable bonds is 7. The SMILES string of the molecule is COc1cc(C(=O)c2cc(-c3ccco3)ccc2-n2cccn2)cc(OC)c1OC. The van der Waals surface area contributed by atoms with E-state index in [9.17, 15) is 4.79 Å². The molecule has 0 saturated heterocycles. The minimum atomic E-state index is -0.215. The van der Waals surface area contributed by atoms with Crippen LogP contribution in [0.25, 0.3) is 17.0 Å². The van der Waals surface area contributed by atoms with E-state index in [1.165, 1.54) is 21.3 Å². The lowest BCUT2D eigenvalue weighted by Crippen LogP contribution is -2.09. The van der Waals surface area contributed by atoms with Crippen LogP contribution in [0.3, 0.4) is 0 Å². The molecule has 4 rings (SSSR count). The van der Waals surface area contributed by atoms with Crippen molar-refractivity contribution in [3.8, 4) is 34.3 Å². The molecule has 0 fully saturated rings. The second-order valence-electron chi connectivity index (χ2n) is 6.40. The quantitative estimate of drug-likeness (QED) is 0.425. The molecule has 0 aliphatic carbocycles. The Kier molecular flexibility index (Phi) is 5.26. The fraction of sp³-hybridized carbons (Fsp3) is 0.130. The number of furan rings is 1. The first-order chi connectivity index (χ1) is 14.7. The summed E-state index contributed by atoms with van der Waals surface area (Å²) in [6.07, 6.45) is 5.04.